The van der Waals surface area contributed by atoms with Gasteiger partial charge in [0, 0.05) is 18.2 Å². The van der Waals surface area contributed by atoms with Crippen molar-refractivity contribution in [3.8, 4) is 17.2 Å². The highest BCUT2D eigenvalue weighted by atomic mass is 16.5. The maximum Gasteiger partial charge on any atom is 0.231 e. The highest BCUT2D eigenvalue weighted by Crippen LogP contribution is 2.32. The maximum absolute atomic E-state index is 11.7. The van der Waals surface area contributed by atoms with Crippen LogP contribution < -0.4 is 10.1 Å². The van der Waals surface area contributed by atoms with Gasteiger partial charge in [-0.05, 0) is 30.7 Å². The van der Waals surface area contributed by atoms with E-state index in [0.717, 1.165) is 17.5 Å². The molecule has 0 aliphatic rings. The lowest BCUT2D eigenvalue weighted by atomic mass is 10.2. The van der Waals surface area contributed by atoms with Crippen LogP contribution in [0.3, 0.4) is 0 Å². The molecule has 1 heterocycles. The molecule has 0 unspecified atom stereocenters. The van der Waals surface area contributed by atoms with Crippen molar-refractivity contribution in [2.24, 2.45) is 0 Å². The zero-order valence-electron chi connectivity index (χ0n) is 13.1. The number of anilines is 1. The molecular formula is C18H18N2O3. The lowest BCUT2D eigenvalue weighted by Crippen LogP contribution is -2.10. The third-order valence-corrected chi connectivity index (χ3v) is 3.49. The fourth-order valence-corrected chi connectivity index (χ4v) is 2.39. The van der Waals surface area contributed by atoms with Gasteiger partial charge in [-0.15, -0.1) is 0 Å². The molecule has 0 saturated heterocycles. The first kappa shape index (κ1) is 15.1. The molecule has 0 saturated carbocycles. The van der Waals surface area contributed by atoms with Gasteiger partial charge in [0.25, 0.3) is 0 Å². The number of carbonyl (C=O) groups is 1. The zero-order chi connectivity index (χ0) is 16.2. The number of amides is 1. The summed E-state index contributed by atoms with van der Waals surface area (Å²) in [4.78, 5) is 16.2. The second-order valence-corrected chi connectivity index (χ2v) is 5.20. The smallest absolute Gasteiger partial charge is 0.231 e. The molecular weight excluding hydrogens is 292 g/mol. The average Bonchev–Trinajstić information content (AvgIpc) is 2.98. The Balaban J connectivity index is 1.94. The third kappa shape index (κ3) is 3.18. The average molecular weight is 310 g/mol. The summed E-state index contributed by atoms with van der Waals surface area (Å²) in [6.07, 6.45) is 1.31. The minimum absolute atomic E-state index is 0.00341. The van der Waals surface area contributed by atoms with Gasteiger partial charge in [-0.3, -0.25) is 4.79 Å². The molecule has 23 heavy (non-hydrogen) atoms. The van der Waals surface area contributed by atoms with Crippen molar-refractivity contribution in [3.05, 3.63) is 42.5 Å². The van der Waals surface area contributed by atoms with E-state index in [4.69, 9.17) is 9.15 Å². The van der Waals surface area contributed by atoms with E-state index < -0.39 is 0 Å². The number of aromatic nitrogens is 1. The van der Waals surface area contributed by atoms with Crippen molar-refractivity contribution in [1.82, 2.24) is 4.98 Å². The number of oxazole rings is 1. The Bertz CT molecular complexity index is 839. The zero-order valence-corrected chi connectivity index (χ0v) is 13.1. The first-order valence-electron chi connectivity index (χ1n) is 7.55. The number of methoxy groups -OCH3 is 1. The van der Waals surface area contributed by atoms with Gasteiger partial charge in [-0.1, -0.05) is 19.1 Å². The predicted octanol–water partition coefficient (Wildman–Crippen LogP) is 4.24. The van der Waals surface area contributed by atoms with E-state index in [0.29, 0.717) is 29.3 Å². The highest BCUT2D eigenvalue weighted by molar-refractivity contribution is 5.93. The van der Waals surface area contributed by atoms with Crippen LogP contribution in [0.2, 0.25) is 0 Å². The topological polar surface area (TPSA) is 64.4 Å². The van der Waals surface area contributed by atoms with E-state index in [1.165, 1.54) is 0 Å². The van der Waals surface area contributed by atoms with Crippen LogP contribution in [-0.2, 0) is 4.79 Å². The van der Waals surface area contributed by atoms with Crippen LogP contribution in [0.25, 0.3) is 22.6 Å². The number of rotatable bonds is 5. The third-order valence-electron chi connectivity index (χ3n) is 3.49. The fourth-order valence-electron chi connectivity index (χ4n) is 2.39. The summed E-state index contributed by atoms with van der Waals surface area (Å²) < 4.78 is 11.2. The van der Waals surface area contributed by atoms with Crippen molar-refractivity contribution in [1.29, 1.82) is 0 Å². The molecule has 3 aromatic rings. The molecule has 3 rings (SSSR count). The SMILES string of the molecule is CCCC(=O)Nc1ccc2nc(-c3ccccc3OC)oc2c1. The van der Waals surface area contributed by atoms with Gasteiger partial charge in [0.1, 0.15) is 11.3 Å². The quantitative estimate of drug-likeness (QED) is 0.765. The van der Waals surface area contributed by atoms with Crippen molar-refractivity contribution in [3.63, 3.8) is 0 Å². The van der Waals surface area contributed by atoms with Crippen molar-refractivity contribution < 1.29 is 13.9 Å². The Kier molecular flexibility index (Phi) is 4.28. The van der Waals surface area contributed by atoms with Crippen LogP contribution in [-0.4, -0.2) is 18.0 Å². The van der Waals surface area contributed by atoms with Gasteiger partial charge in [-0.25, -0.2) is 4.98 Å². The molecule has 0 bridgehead atoms. The molecule has 0 spiro atoms. The summed E-state index contributed by atoms with van der Waals surface area (Å²) >= 11 is 0. The molecule has 5 nitrogen and oxygen atoms in total. The number of ether oxygens (including phenoxy) is 1. The summed E-state index contributed by atoms with van der Waals surface area (Å²) in [5.41, 5.74) is 2.86. The normalized spacial score (nSPS) is 10.7. The number of nitrogens with zero attached hydrogens (tertiary/aromatic N) is 1. The summed E-state index contributed by atoms with van der Waals surface area (Å²) in [5.74, 6) is 1.20. The minimum Gasteiger partial charge on any atom is -0.496 e. The van der Waals surface area contributed by atoms with E-state index in [1.807, 2.05) is 43.3 Å². The van der Waals surface area contributed by atoms with E-state index in [-0.39, 0.29) is 5.91 Å². The Morgan fingerprint density at radius 1 is 1.26 bits per heavy atom. The van der Waals surface area contributed by atoms with Crippen LogP contribution in [0.5, 0.6) is 5.75 Å². The Morgan fingerprint density at radius 3 is 2.87 bits per heavy atom. The molecule has 2 aromatic carbocycles. The van der Waals surface area contributed by atoms with Gasteiger partial charge in [0.05, 0.1) is 12.7 Å². The molecule has 0 aliphatic carbocycles. The van der Waals surface area contributed by atoms with E-state index >= 15 is 0 Å². The lowest BCUT2D eigenvalue weighted by molar-refractivity contribution is -0.116. The van der Waals surface area contributed by atoms with Crippen LogP contribution in [0.15, 0.2) is 46.9 Å². The molecule has 1 amide bonds. The number of fused-ring (bicyclic) bond motifs is 1. The van der Waals surface area contributed by atoms with Crippen molar-refractivity contribution >= 4 is 22.7 Å². The number of para-hydroxylation sites is 1. The lowest BCUT2D eigenvalue weighted by Gasteiger charge is -2.03. The van der Waals surface area contributed by atoms with Gasteiger partial charge in [-0.2, -0.15) is 0 Å². The molecule has 5 heteroatoms. The molecule has 0 radical (unpaired) electrons. The summed E-state index contributed by atoms with van der Waals surface area (Å²) in [6, 6.07) is 13.0. The minimum atomic E-state index is -0.00341. The molecule has 1 aromatic heterocycles. The van der Waals surface area contributed by atoms with E-state index in [2.05, 4.69) is 10.3 Å². The standard InChI is InChI=1S/C18H18N2O3/c1-3-6-17(21)19-12-9-10-14-16(11-12)23-18(20-14)13-7-4-5-8-15(13)22-2/h4-5,7-11H,3,6H2,1-2H3,(H,19,21). The first-order valence-corrected chi connectivity index (χ1v) is 7.55. The van der Waals surface area contributed by atoms with Crippen LogP contribution in [0.1, 0.15) is 19.8 Å². The number of benzene rings is 2. The molecule has 0 atom stereocenters. The van der Waals surface area contributed by atoms with Gasteiger partial charge < -0.3 is 14.5 Å². The van der Waals surface area contributed by atoms with Gasteiger partial charge in [0.2, 0.25) is 11.8 Å². The van der Waals surface area contributed by atoms with Crippen molar-refractivity contribution in [2.45, 2.75) is 19.8 Å². The number of nitrogens with one attached hydrogen (secondary N) is 1. The fraction of sp³-hybridized carbons (Fsp3) is 0.222. The number of hydrogen-bond acceptors (Lipinski definition) is 4. The molecule has 0 fully saturated rings. The van der Waals surface area contributed by atoms with E-state index in [9.17, 15) is 4.79 Å². The Labute approximate surface area is 134 Å². The Hall–Kier alpha value is -2.82. The maximum atomic E-state index is 11.7. The van der Waals surface area contributed by atoms with Gasteiger partial charge >= 0.3 is 0 Å². The monoisotopic (exact) mass is 310 g/mol. The van der Waals surface area contributed by atoms with Crippen LogP contribution in [0, 0.1) is 0 Å². The summed E-state index contributed by atoms with van der Waals surface area (Å²) in [7, 11) is 1.61. The molecule has 118 valence electrons. The summed E-state index contributed by atoms with van der Waals surface area (Å²) in [5, 5.41) is 2.86. The predicted molar refractivity (Wildman–Crippen MR) is 89.5 cm³/mol. The van der Waals surface area contributed by atoms with E-state index in [1.54, 1.807) is 13.2 Å². The summed E-state index contributed by atoms with van der Waals surface area (Å²) in [6.45, 7) is 1.97. The second-order valence-electron chi connectivity index (χ2n) is 5.20. The number of hydrogen-bond donors (Lipinski definition) is 1. The molecule has 0 aliphatic heterocycles. The number of carbonyl (C=O) groups excluding carboxylic acids is 1. The van der Waals surface area contributed by atoms with Crippen LogP contribution in [0.4, 0.5) is 5.69 Å². The first-order chi connectivity index (χ1) is 11.2. The van der Waals surface area contributed by atoms with Crippen molar-refractivity contribution in [2.75, 3.05) is 12.4 Å². The largest absolute Gasteiger partial charge is 0.496 e. The van der Waals surface area contributed by atoms with Crippen LogP contribution >= 0.6 is 0 Å². The highest BCUT2D eigenvalue weighted by Gasteiger charge is 2.13. The Morgan fingerprint density at radius 2 is 2.09 bits per heavy atom. The molecule has 1 N–H and O–H groups in total. The second kappa shape index (κ2) is 6.52. The van der Waals surface area contributed by atoms with Gasteiger partial charge in [0.15, 0.2) is 5.58 Å².